The fraction of sp³-hybridized carbons (Fsp3) is 0.150. The smallest absolute Gasteiger partial charge is 0.308 e. The molecule has 0 aliphatic carbocycles. The summed E-state index contributed by atoms with van der Waals surface area (Å²) in [5.41, 5.74) is 2.04. The third-order valence-electron chi connectivity index (χ3n) is 3.53. The summed E-state index contributed by atoms with van der Waals surface area (Å²) in [5.74, 6) is 0.307. The average molecular weight is 443 g/mol. The van der Waals surface area contributed by atoms with Gasteiger partial charge in [0.05, 0.1) is 26.9 Å². The highest BCUT2D eigenvalue weighted by Gasteiger charge is 2.15. The molecular formula is C20H15BrN2O3S. The van der Waals surface area contributed by atoms with Crippen LogP contribution in [-0.2, 0) is 4.79 Å². The van der Waals surface area contributed by atoms with Crippen LogP contribution in [0.5, 0.6) is 11.5 Å². The van der Waals surface area contributed by atoms with Crippen LogP contribution in [0.2, 0.25) is 0 Å². The fourth-order valence-corrected chi connectivity index (χ4v) is 3.95. The molecule has 1 heterocycles. The van der Waals surface area contributed by atoms with Gasteiger partial charge in [-0.2, -0.15) is 5.26 Å². The van der Waals surface area contributed by atoms with Crippen molar-refractivity contribution in [1.29, 1.82) is 5.26 Å². The molecule has 27 heavy (non-hydrogen) atoms. The van der Waals surface area contributed by atoms with Crippen molar-refractivity contribution in [2.75, 3.05) is 6.61 Å². The second-order valence-corrected chi connectivity index (χ2v) is 7.40. The predicted molar refractivity (Wildman–Crippen MR) is 110 cm³/mol. The summed E-state index contributed by atoms with van der Waals surface area (Å²) in [7, 11) is 0. The van der Waals surface area contributed by atoms with Gasteiger partial charge >= 0.3 is 5.97 Å². The molecule has 0 fully saturated rings. The minimum Gasteiger partial charge on any atom is -0.490 e. The Balaban J connectivity index is 2.05. The van der Waals surface area contributed by atoms with E-state index in [9.17, 15) is 10.1 Å². The SMILES string of the molecule is CCOc1cc(C=C(C#N)c2nc3ccccc3s2)cc(Br)c1OC(C)=O. The molecule has 3 rings (SSSR count). The lowest BCUT2D eigenvalue weighted by molar-refractivity contribution is -0.132. The van der Waals surface area contributed by atoms with Crippen molar-refractivity contribution < 1.29 is 14.3 Å². The molecule has 2 aromatic carbocycles. The van der Waals surface area contributed by atoms with Crippen LogP contribution in [0, 0.1) is 11.3 Å². The van der Waals surface area contributed by atoms with Gasteiger partial charge in [-0.3, -0.25) is 4.79 Å². The van der Waals surface area contributed by atoms with E-state index in [2.05, 4.69) is 27.0 Å². The fourth-order valence-electron chi connectivity index (χ4n) is 2.47. The number of allylic oxidation sites excluding steroid dienone is 1. The van der Waals surface area contributed by atoms with Crippen molar-refractivity contribution in [3.8, 4) is 17.6 Å². The van der Waals surface area contributed by atoms with E-state index < -0.39 is 5.97 Å². The number of thiazole rings is 1. The third-order valence-corrected chi connectivity index (χ3v) is 5.19. The summed E-state index contributed by atoms with van der Waals surface area (Å²) >= 11 is 4.88. The summed E-state index contributed by atoms with van der Waals surface area (Å²) in [6, 6.07) is 13.5. The summed E-state index contributed by atoms with van der Waals surface area (Å²) in [6.07, 6.45) is 1.74. The number of hydrogen-bond donors (Lipinski definition) is 0. The van der Waals surface area contributed by atoms with E-state index in [4.69, 9.17) is 9.47 Å². The van der Waals surface area contributed by atoms with Crippen LogP contribution in [0.1, 0.15) is 24.4 Å². The number of rotatable bonds is 5. The monoisotopic (exact) mass is 442 g/mol. The minimum absolute atomic E-state index is 0.319. The topological polar surface area (TPSA) is 72.2 Å². The highest BCUT2D eigenvalue weighted by Crippen LogP contribution is 2.38. The van der Waals surface area contributed by atoms with Crippen molar-refractivity contribution in [3.05, 3.63) is 51.4 Å². The Morgan fingerprint density at radius 1 is 1.37 bits per heavy atom. The van der Waals surface area contributed by atoms with Gasteiger partial charge in [-0.1, -0.05) is 12.1 Å². The number of fused-ring (bicyclic) bond motifs is 1. The molecular weight excluding hydrogens is 428 g/mol. The number of halogens is 1. The summed E-state index contributed by atoms with van der Waals surface area (Å²) < 4.78 is 12.4. The van der Waals surface area contributed by atoms with Crippen LogP contribution < -0.4 is 9.47 Å². The zero-order valence-electron chi connectivity index (χ0n) is 14.7. The minimum atomic E-state index is -0.438. The molecule has 0 bridgehead atoms. The van der Waals surface area contributed by atoms with Crippen molar-refractivity contribution >= 4 is 55.1 Å². The van der Waals surface area contributed by atoms with E-state index in [1.807, 2.05) is 31.2 Å². The van der Waals surface area contributed by atoms with Crippen LogP contribution in [0.15, 0.2) is 40.9 Å². The number of carbonyl (C=O) groups excluding carboxylic acids is 1. The lowest BCUT2D eigenvalue weighted by atomic mass is 10.1. The van der Waals surface area contributed by atoms with Crippen molar-refractivity contribution in [2.45, 2.75) is 13.8 Å². The number of nitrogens with zero attached hydrogens (tertiary/aromatic N) is 2. The first-order chi connectivity index (χ1) is 13.0. The molecule has 0 aliphatic rings. The molecule has 1 aromatic heterocycles. The Labute approximate surface area is 169 Å². The Morgan fingerprint density at radius 2 is 2.15 bits per heavy atom. The molecule has 0 saturated heterocycles. The summed E-state index contributed by atoms with van der Waals surface area (Å²) in [5, 5.41) is 10.3. The molecule has 0 atom stereocenters. The highest BCUT2D eigenvalue weighted by molar-refractivity contribution is 9.10. The molecule has 0 saturated carbocycles. The van der Waals surface area contributed by atoms with Crippen LogP contribution >= 0.6 is 27.3 Å². The average Bonchev–Trinajstić information content (AvgIpc) is 3.06. The van der Waals surface area contributed by atoms with Gasteiger partial charge in [-0.15, -0.1) is 11.3 Å². The molecule has 0 N–H and O–H groups in total. The van der Waals surface area contributed by atoms with Crippen molar-refractivity contribution in [3.63, 3.8) is 0 Å². The van der Waals surface area contributed by atoms with Gasteiger partial charge < -0.3 is 9.47 Å². The Kier molecular flexibility index (Phi) is 5.89. The van der Waals surface area contributed by atoms with Gasteiger partial charge in [0.15, 0.2) is 11.5 Å². The van der Waals surface area contributed by atoms with Gasteiger partial charge in [0.2, 0.25) is 0 Å². The van der Waals surface area contributed by atoms with Gasteiger partial charge in [0, 0.05) is 6.92 Å². The molecule has 5 nitrogen and oxygen atoms in total. The lowest BCUT2D eigenvalue weighted by Gasteiger charge is -2.12. The number of aromatic nitrogens is 1. The maximum atomic E-state index is 11.3. The zero-order valence-corrected chi connectivity index (χ0v) is 17.1. The first-order valence-electron chi connectivity index (χ1n) is 8.14. The summed E-state index contributed by atoms with van der Waals surface area (Å²) in [6.45, 7) is 3.59. The van der Waals surface area contributed by atoms with Gasteiger partial charge in [0.1, 0.15) is 11.1 Å². The van der Waals surface area contributed by atoms with E-state index >= 15 is 0 Å². The largest absolute Gasteiger partial charge is 0.490 e. The Hall–Kier alpha value is -2.69. The number of carbonyl (C=O) groups is 1. The normalized spacial score (nSPS) is 11.3. The first-order valence-corrected chi connectivity index (χ1v) is 9.75. The van der Waals surface area contributed by atoms with Crippen molar-refractivity contribution in [1.82, 2.24) is 4.98 Å². The number of nitriles is 1. The predicted octanol–water partition coefficient (Wildman–Crippen LogP) is 5.45. The maximum Gasteiger partial charge on any atom is 0.308 e. The molecule has 0 aliphatic heterocycles. The van der Waals surface area contributed by atoms with E-state index in [-0.39, 0.29) is 0 Å². The zero-order chi connectivity index (χ0) is 19.4. The van der Waals surface area contributed by atoms with E-state index in [1.54, 1.807) is 18.2 Å². The number of hydrogen-bond acceptors (Lipinski definition) is 6. The molecule has 0 amide bonds. The number of benzene rings is 2. The molecule has 0 radical (unpaired) electrons. The molecule has 7 heteroatoms. The van der Waals surface area contributed by atoms with Gasteiger partial charge in [-0.05, 0) is 58.8 Å². The van der Waals surface area contributed by atoms with Crippen LogP contribution in [0.25, 0.3) is 21.9 Å². The molecule has 0 spiro atoms. The van der Waals surface area contributed by atoms with Crippen LogP contribution in [0.3, 0.4) is 0 Å². The van der Waals surface area contributed by atoms with E-state index in [0.717, 1.165) is 15.8 Å². The lowest BCUT2D eigenvalue weighted by Crippen LogP contribution is -2.05. The second-order valence-electron chi connectivity index (χ2n) is 5.51. The second kappa shape index (κ2) is 8.33. The number of para-hydroxylation sites is 1. The van der Waals surface area contributed by atoms with Crippen LogP contribution in [-0.4, -0.2) is 17.6 Å². The third kappa shape index (κ3) is 4.35. The van der Waals surface area contributed by atoms with Gasteiger partial charge in [-0.25, -0.2) is 4.98 Å². The maximum absolute atomic E-state index is 11.3. The Morgan fingerprint density at radius 3 is 2.81 bits per heavy atom. The Bertz CT molecular complexity index is 1050. The molecule has 136 valence electrons. The summed E-state index contributed by atoms with van der Waals surface area (Å²) in [4.78, 5) is 15.9. The standard InChI is InChI=1S/C20H15BrN2O3S/c1-3-25-17-10-13(9-15(21)19(17)26-12(2)24)8-14(11-22)20-23-16-6-4-5-7-18(16)27-20/h4-10H,3H2,1-2H3. The van der Waals surface area contributed by atoms with Crippen LogP contribution in [0.4, 0.5) is 0 Å². The van der Waals surface area contributed by atoms with E-state index in [0.29, 0.717) is 33.2 Å². The van der Waals surface area contributed by atoms with Crippen molar-refractivity contribution in [2.24, 2.45) is 0 Å². The van der Waals surface area contributed by atoms with Gasteiger partial charge in [0.25, 0.3) is 0 Å². The number of ether oxygens (including phenoxy) is 2. The van der Waals surface area contributed by atoms with E-state index in [1.165, 1.54) is 18.3 Å². The molecule has 3 aromatic rings. The number of esters is 1. The highest BCUT2D eigenvalue weighted by atomic mass is 79.9. The first kappa shape index (κ1) is 19.1. The molecule has 0 unspecified atom stereocenters. The quantitative estimate of drug-likeness (QED) is 0.298.